The second kappa shape index (κ2) is 11.7. The molecule has 2 heterocycles. The summed E-state index contributed by atoms with van der Waals surface area (Å²) in [5.74, 6) is 0. The molecule has 0 saturated heterocycles. The molecule has 3 heteroatoms. The predicted molar refractivity (Wildman–Crippen MR) is 223 cm³/mol. The lowest BCUT2D eigenvalue weighted by molar-refractivity contribution is 0.669. The number of hydrogen-bond acceptors (Lipinski definition) is 2. The molecule has 0 atom stereocenters. The minimum atomic E-state index is 0.890. The third kappa shape index (κ3) is 4.75. The highest BCUT2D eigenvalue weighted by Crippen LogP contribution is 2.41. The van der Waals surface area contributed by atoms with Crippen LogP contribution in [0.5, 0.6) is 0 Å². The highest BCUT2D eigenvalue weighted by molar-refractivity contribution is 6.12. The number of rotatable bonds is 5. The molecule has 248 valence electrons. The van der Waals surface area contributed by atoms with Gasteiger partial charge >= 0.3 is 0 Å². The molecule has 0 unspecified atom stereocenters. The third-order valence-electron chi connectivity index (χ3n) is 10.7. The van der Waals surface area contributed by atoms with E-state index in [1.165, 1.54) is 60.2 Å². The minimum absolute atomic E-state index is 0.890. The zero-order valence-corrected chi connectivity index (χ0v) is 28.8. The molecule has 11 aromatic rings. The molecule has 9 aromatic carbocycles. The van der Waals surface area contributed by atoms with Gasteiger partial charge < -0.3 is 13.9 Å². The molecule has 0 radical (unpaired) electrons. The van der Waals surface area contributed by atoms with Crippen LogP contribution in [0.4, 0.5) is 17.1 Å². The van der Waals surface area contributed by atoms with E-state index in [-0.39, 0.29) is 0 Å². The Morgan fingerprint density at radius 3 is 1.85 bits per heavy atom. The number of anilines is 3. The predicted octanol–water partition coefficient (Wildman–Crippen LogP) is 14.1. The molecule has 0 aliphatic rings. The lowest BCUT2D eigenvalue weighted by Crippen LogP contribution is -2.09. The summed E-state index contributed by atoms with van der Waals surface area (Å²) >= 11 is 0. The molecule has 11 rings (SSSR count). The van der Waals surface area contributed by atoms with Gasteiger partial charge in [-0.1, -0.05) is 121 Å². The Morgan fingerprint density at radius 2 is 0.962 bits per heavy atom. The van der Waals surface area contributed by atoms with E-state index in [0.29, 0.717) is 0 Å². The Balaban J connectivity index is 1.04. The monoisotopic (exact) mass is 676 g/mol. The van der Waals surface area contributed by atoms with Gasteiger partial charge in [-0.25, -0.2) is 0 Å². The Labute approximate surface area is 306 Å². The summed E-state index contributed by atoms with van der Waals surface area (Å²) in [6, 6.07) is 69.9. The molecule has 2 aromatic heterocycles. The van der Waals surface area contributed by atoms with E-state index in [4.69, 9.17) is 4.42 Å². The molecule has 0 saturated carbocycles. The van der Waals surface area contributed by atoms with Crippen molar-refractivity contribution in [2.24, 2.45) is 0 Å². The fraction of sp³-hybridized carbons (Fsp3) is 0. The molecule has 0 aliphatic carbocycles. The molecule has 0 N–H and O–H groups in total. The number of aromatic nitrogens is 1. The summed E-state index contributed by atoms with van der Waals surface area (Å²) in [4.78, 5) is 2.35. The van der Waals surface area contributed by atoms with Crippen LogP contribution in [0.25, 0.3) is 82.1 Å². The van der Waals surface area contributed by atoms with Gasteiger partial charge in [-0.05, 0) is 100 Å². The number of hydrogen-bond donors (Lipinski definition) is 0. The van der Waals surface area contributed by atoms with Gasteiger partial charge in [0.2, 0.25) is 0 Å². The van der Waals surface area contributed by atoms with Crippen LogP contribution in [0.1, 0.15) is 0 Å². The standard InChI is InChI=1S/C50H32N2O/c1-2-12-36-30-39(26-22-33(36)10-1)51(40-27-29-50-45(32-40)43-16-6-8-19-49(43)53-50)38-24-20-34(21-25-38)37-23-28-48-44(31-37)42-15-5-7-17-47(42)52(48)46-18-9-13-35-11-3-4-14-41(35)46/h1-32H. The van der Waals surface area contributed by atoms with Gasteiger partial charge in [-0.2, -0.15) is 0 Å². The van der Waals surface area contributed by atoms with Crippen molar-refractivity contribution in [3.8, 4) is 16.8 Å². The molecule has 53 heavy (non-hydrogen) atoms. The average molecular weight is 677 g/mol. The van der Waals surface area contributed by atoms with Gasteiger partial charge in [0.15, 0.2) is 0 Å². The van der Waals surface area contributed by atoms with Crippen molar-refractivity contribution >= 4 is 82.4 Å². The van der Waals surface area contributed by atoms with E-state index in [1.54, 1.807) is 0 Å². The smallest absolute Gasteiger partial charge is 0.135 e. The van der Waals surface area contributed by atoms with Gasteiger partial charge in [-0.15, -0.1) is 0 Å². The van der Waals surface area contributed by atoms with Crippen LogP contribution >= 0.6 is 0 Å². The fourth-order valence-corrected chi connectivity index (χ4v) is 8.23. The van der Waals surface area contributed by atoms with E-state index < -0.39 is 0 Å². The van der Waals surface area contributed by atoms with Crippen LogP contribution < -0.4 is 4.90 Å². The fourth-order valence-electron chi connectivity index (χ4n) is 8.23. The summed E-state index contributed by atoms with van der Waals surface area (Å²) in [6.07, 6.45) is 0. The number of nitrogens with zero attached hydrogens (tertiary/aromatic N) is 2. The van der Waals surface area contributed by atoms with E-state index in [2.05, 4.69) is 191 Å². The number of para-hydroxylation sites is 2. The van der Waals surface area contributed by atoms with Crippen LogP contribution in [0.3, 0.4) is 0 Å². The summed E-state index contributed by atoms with van der Waals surface area (Å²) < 4.78 is 8.62. The topological polar surface area (TPSA) is 21.3 Å². The zero-order valence-electron chi connectivity index (χ0n) is 28.8. The van der Waals surface area contributed by atoms with Crippen molar-refractivity contribution in [2.75, 3.05) is 4.90 Å². The van der Waals surface area contributed by atoms with E-state index in [9.17, 15) is 0 Å². The van der Waals surface area contributed by atoms with Crippen LogP contribution in [0, 0.1) is 0 Å². The highest BCUT2D eigenvalue weighted by atomic mass is 16.3. The van der Waals surface area contributed by atoms with E-state index in [0.717, 1.165) is 39.0 Å². The molecule has 0 fully saturated rings. The largest absolute Gasteiger partial charge is 0.456 e. The zero-order chi connectivity index (χ0) is 34.9. The first kappa shape index (κ1) is 29.6. The molecule has 0 spiro atoms. The van der Waals surface area contributed by atoms with Crippen molar-refractivity contribution in [1.82, 2.24) is 4.57 Å². The van der Waals surface area contributed by atoms with Gasteiger partial charge in [0, 0.05) is 44.0 Å². The lowest BCUT2D eigenvalue weighted by Gasteiger charge is -2.26. The van der Waals surface area contributed by atoms with Crippen molar-refractivity contribution in [2.45, 2.75) is 0 Å². The van der Waals surface area contributed by atoms with E-state index in [1.807, 2.05) is 12.1 Å². The van der Waals surface area contributed by atoms with Gasteiger partial charge in [0.1, 0.15) is 11.2 Å². The van der Waals surface area contributed by atoms with Crippen LogP contribution in [0.15, 0.2) is 199 Å². The number of benzene rings is 9. The summed E-state index contributed by atoms with van der Waals surface area (Å²) in [5.41, 5.74) is 11.0. The summed E-state index contributed by atoms with van der Waals surface area (Å²) in [6.45, 7) is 0. The number of fused-ring (bicyclic) bond motifs is 8. The molecule has 3 nitrogen and oxygen atoms in total. The van der Waals surface area contributed by atoms with Crippen molar-refractivity contribution in [3.05, 3.63) is 194 Å². The second-order valence-electron chi connectivity index (χ2n) is 13.8. The minimum Gasteiger partial charge on any atom is -0.456 e. The first-order valence-electron chi connectivity index (χ1n) is 18.1. The molecular formula is C50H32N2O. The number of furan rings is 1. The Kier molecular flexibility index (Phi) is 6.55. The maximum Gasteiger partial charge on any atom is 0.135 e. The Morgan fingerprint density at radius 1 is 0.340 bits per heavy atom. The van der Waals surface area contributed by atoms with Crippen LogP contribution in [-0.4, -0.2) is 4.57 Å². The molecule has 0 aliphatic heterocycles. The summed E-state index contributed by atoms with van der Waals surface area (Å²) in [7, 11) is 0. The molecular weight excluding hydrogens is 645 g/mol. The van der Waals surface area contributed by atoms with Crippen molar-refractivity contribution in [3.63, 3.8) is 0 Å². The first-order chi connectivity index (χ1) is 26.3. The molecule has 0 amide bonds. The SMILES string of the molecule is c1ccc2cc(N(c3ccc(-c4ccc5c(c4)c4ccccc4n5-c4cccc5ccccc45)cc3)c3ccc4oc5ccccc5c4c3)ccc2c1. The van der Waals surface area contributed by atoms with Gasteiger partial charge in [0.05, 0.1) is 16.7 Å². The second-order valence-corrected chi connectivity index (χ2v) is 13.8. The summed E-state index contributed by atoms with van der Waals surface area (Å²) in [5, 5.41) is 9.63. The lowest BCUT2D eigenvalue weighted by atomic mass is 10.0. The van der Waals surface area contributed by atoms with Crippen molar-refractivity contribution in [1.29, 1.82) is 0 Å². The normalized spacial score (nSPS) is 11.8. The van der Waals surface area contributed by atoms with Crippen LogP contribution in [0.2, 0.25) is 0 Å². The van der Waals surface area contributed by atoms with Gasteiger partial charge in [0.25, 0.3) is 0 Å². The van der Waals surface area contributed by atoms with Crippen LogP contribution in [-0.2, 0) is 0 Å². The van der Waals surface area contributed by atoms with Crippen molar-refractivity contribution < 1.29 is 4.42 Å². The van der Waals surface area contributed by atoms with Gasteiger partial charge in [-0.3, -0.25) is 0 Å². The Bertz CT molecular complexity index is 3180. The quantitative estimate of drug-likeness (QED) is 0.181. The maximum absolute atomic E-state index is 6.20. The molecule has 0 bridgehead atoms. The van der Waals surface area contributed by atoms with E-state index >= 15 is 0 Å². The third-order valence-corrected chi connectivity index (χ3v) is 10.7. The Hall–Kier alpha value is -7.10. The first-order valence-corrected chi connectivity index (χ1v) is 18.1. The highest BCUT2D eigenvalue weighted by Gasteiger charge is 2.18. The average Bonchev–Trinajstić information content (AvgIpc) is 3.76. The maximum atomic E-state index is 6.20.